The third kappa shape index (κ3) is 3.22. The number of halogens is 2. The van der Waals surface area contributed by atoms with Crippen molar-refractivity contribution in [1.29, 1.82) is 0 Å². The van der Waals surface area contributed by atoms with Crippen LogP contribution in [0.1, 0.15) is 0 Å². The number of aromatic nitrogens is 3. The largest absolute Gasteiger partial charge is 0.465 e. The van der Waals surface area contributed by atoms with Gasteiger partial charge in [-0.25, -0.2) is 19.2 Å². The monoisotopic (exact) mass is 354 g/mol. The van der Waals surface area contributed by atoms with E-state index in [9.17, 15) is 9.18 Å². The van der Waals surface area contributed by atoms with Crippen LogP contribution in [0.4, 0.5) is 31.6 Å². The molecule has 0 aliphatic carbocycles. The summed E-state index contributed by atoms with van der Waals surface area (Å²) < 4.78 is 13.7. The summed E-state index contributed by atoms with van der Waals surface area (Å²) in [6.45, 7) is 0. The van der Waals surface area contributed by atoms with Crippen molar-refractivity contribution < 1.29 is 14.3 Å². The molecule has 3 rings (SSSR count). The van der Waals surface area contributed by atoms with Crippen LogP contribution < -0.4 is 16.4 Å². The van der Waals surface area contributed by atoms with Crippen molar-refractivity contribution in [2.24, 2.45) is 0 Å². The predicted molar refractivity (Wildman–Crippen MR) is 86.0 cm³/mol. The molecule has 2 heterocycles. The number of thiazole rings is 1. The van der Waals surface area contributed by atoms with Crippen LogP contribution in [0.2, 0.25) is 5.02 Å². The van der Waals surface area contributed by atoms with E-state index in [1.54, 1.807) is 0 Å². The number of anilines is 4. The van der Waals surface area contributed by atoms with E-state index in [2.05, 4.69) is 20.3 Å². The normalized spacial score (nSPS) is 10.7. The van der Waals surface area contributed by atoms with Gasteiger partial charge in [0.2, 0.25) is 5.95 Å². The van der Waals surface area contributed by atoms with Gasteiger partial charge in [0.25, 0.3) is 0 Å². The highest BCUT2D eigenvalue weighted by Gasteiger charge is 2.12. The van der Waals surface area contributed by atoms with Gasteiger partial charge in [0, 0.05) is 0 Å². The minimum Gasteiger partial charge on any atom is -0.465 e. The van der Waals surface area contributed by atoms with Gasteiger partial charge in [0.1, 0.15) is 11.3 Å². The molecular formula is C12H8ClFN6O2S. The predicted octanol–water partition coefficient (Wildman–Crippen LogP) is 3.29. The first-order valence-corrected chi connectivity index (χ1v) is 7.27. The van der Waals surface area contributed by atoms with Gasteiger partial charge in [-0.2, -0.15) is 4.98 Å². The van der Waals surface area contributed by atoms with E-state index in [1.165, 1.54) is 23.6 Å². The Kier molecular flexibility index (Phi) is 3.84. The van der Waals surface area contributed by atoms with Crippen molar-refractivity contribution in [3.63, 3.8) is 0 Å². The smallest absolute Gasteiger partial charge is 0.409 e. The van der Waals surface area contributed by atoms with Crippen molar-refractivity contribution in [1.82, 2.24) is 15.0 Å². The minimum atomic E-state index is -1.39. The molecule has 0 unspecified atom stereocenters. The summed E-state index contributed by atoms with van der Waals surface area (Å²) in [4.78, 5) is 23.5. The molecule has 2 aromatic heterocycles. The molecular weight excluding hydrogens is 347 g/mol. The number of nitrogens with two attached hydrogens (primary N) is 1. The Hall–Kier alpha value is -2.72. The summed E-state index contributed by atoms with van der Waals surface area (Å²) in [6.07, 6.45) is 0.0840. The van der Waals surface area contributed by atoms with Gasteiger partial charge < -0.3 is 16.2 Å². The van der Waals surface area contributed by atoms with E-state index in [0.717, 1.165) is 6.07 Å². The molecule has 0 aliphatic rings. The molecule has 118 valence electrons. The van der Waals surface area contributed by atoms with E-state index in [1.807, 2.05) is 5.32 Å². The summed E-state index contributed by atoms with van der Waals surface area (Å²) in [5.41, 5.74) is 6.15. The molecule has 0 aliphatic heterocycles. The van der Waals surface area contributed by atoms with Crippen LogP contribution in [0.5, 0.6) is 0 Å². The molecule has 5 N–H and O–H groups in total. The molecule has 0 spiro atoms. The van der Waals surface area contributed by atoms with Crippen molar-refractivity contribution >= 4 is 61.8 Å². The van der Waals surface area contributed by atoms with Crippen molar-refractivity contribution in [2.75, 3.05) is 16.4 Å². The van der Waals surface area contributed by atoms with Gasteiger partial charge >= 0.3 is 6.09 Å². The van der Waals surface area contributed by atoms with E-state index in [0.29, 0.717) is 15.5 Å². The number of fused-ring (bicyclic) bond motifs is 1. The molecule has 11 heteroatoms. The second kappa shape index (κ2) is 5.82. The topological polar surface area (TPSA) is 126 Å². The Balaban J connectivity index is 1.95. The molecule has 0 saturated heterocycles. The fraction of sp³-hybridized carbons (Fsp3) is 0. The summed E-state index contributed by atoms with van der Waals surface area (Å²) >= 11 is 7.13. The number of hydrogen-bond donors (Lipinski definition) is 4. The number of rotatable bonds is 3. The van der Waals surface area contributed by atoms with Gasteiger partial charge in [0.05, 0.1) is 22.6 Å². The minimum absolute atomic E-state index is 0.0472. The average Bonchev–Trinajstić information content (AvgIpc) is 2.83. The number of carbonyl (C=O) groups is 1. The van der Waals surface area contributed by atoms with Crippen LogP contribution in [0.3, 0.4) is 0 Å². The van der Waals surface area contributed by atoms with Crippen LogP contribution in [0, 0.1) is 5.82 Å². The Bertz CT molecular complexity index is 918. The molecule has 1 aromatic carbocycles. The number of benzene rings is 1. The van der Waals surface area contributed by atoms with Crippen molar-refractivity contribution in [2.45, 2.75) is 0 Å². The fourth-order valence-corrected chi connectivity index (χ4v) is 2.66. The van der Waals surface area contributed by atoms with Crippen LogP contribution in [0.15, 0.2) is 18.3 Å². The van der Waals surface area contributed by atoms with E-state index < -0.39 is 11.9 Å². The molecule has 0 bridgehead atoms. The highest BCUT2D eigenvalue weighted by Crippen LogP contribution is 2.31. The lowest BCUT2D eigenvalue weighted by molar-refractivity contribution is 0.209. The van der Waals surface area contributed by atoms with Crippen LogP contribution >= 0.6 is 22.9 Å². The summed E-state index contributed by atoms with van der Waals surface area (Å²) in [5.74, 6) is -0.606. The van der Waals surface area contributed by atoms with Gasteiger partial charge in [-0.15, -0.1) is 0 Å². The molecule has 0 fully saturated rings. The number of amides is 1. The summed E-state index contributed by atoms with van der Waals surface area (Å²) in [7, 11) is 0. The second-order valence-corrected chi connectivity index (χ2v) is 5.72. The third-order valence-corrected chi connectivity index (χ3v) is 3.82. The van der Waals surface area contributed by atoms with E-state index in [4.69, 9.17) is 22.4 Å². The molecule has 3 aromatic rings. The first-order chi connectivity index (χ1) is 10.9. The Morgan fingerprint density at radius 2 is 2.13 bits per heavy atom. The quantitative estimate of drug-likeness (QED) is 0.568. The Morgan fingerprint density at radius 3 is 2.87 bits per heavy atom. The summed E-state index contributed by atoms with van der Waals surface area (Å²) in [5, 5.41) is 13.8. The average molecular weight is 355 g/mol. The number of nitrogen functional groups attached to an aromatic ring is 1. The fourth-order valence-electron chi connectivity index (χ4n) is 1.79. The maximum atomic E-state index is 13.7. The number of carboxylic acid groups (broad SMARTS) is 1. The first-order valence-electron chi connectivity index (χ1n) is 6.07. The first kappa shape index (κ1) is 15.2. The van der Waals surface area contributed by atoms with Gasteiger partial charge in [-0.1, -0.05) is 22.9 Å². The van der Waals surface area contributed by atoms with E-state index >= 15 is 0 Å². The highest BCUT2D eigenvalue weighted by molar-refractivity contribution is 7.21. The van der Waals surface area contributed by atoms with Crippen molar-refractivity contribution in [3.05, 3.63) is 29.2 Å². The third-order valence-electron chi connectivity index (χ3n) is 2.71. The lowest BCUT2D eigenvalue weighted by atomic mass is 10.2. The van der Waals surface area contributed by atoms with Crippen LogP contribution in [-0.2, 0) is 0 Å². The zero-order chi connectivity index (χ0) is 16.6. The Morgan fingerprint density at radius 1 is 1.35 bits per heavy atom. The lowest BCUT2D eigenvalue weighted by Crippen LogP contribution is -2.09. The Labute approximate surface area is 137 Å². The zero-order valence-corrected chi connectivity index (χ0v) is 12.7. The van der Waals surface area contributed by atoms with Gasteiger partial charge in [0.15, 0.2) is 9.96 Å². The van der Waals surface area contributed by atoms with Crippen LogP contribution in [-0.4, -0.2) is 26.2 Å². The maximum Gasteiger partial charge on any atom is 0.409 e. The van der Waals surface area contributed by atoms with Gasteiger partial charge in [-0.05, 0) is 12.1 Å². The van der Waals surface area contributed by atoms with Crippen molar-refractivity contribution in [3.8, 4) is 0 Å². The van der Waals surface area contributed by atoms with Crippen LogP contribution in [0.25, 0.3) is 10.3 Å². The second-order valence-electron chi connectivity index (χ2n) is 4.30. The SMILES string of the molecule is Nc1nc2cnc(Nc3cc(NC(=O)O)c(F)cc3Cl)nc2s1. The molecule has 23 heavy (non-hydrogen) atoms. The molecule has 0 saturated carbocycles. The number of nitrogens with zero attached hydrogens (tertiary/aromatic N) is 3. The zero-order valence-electron chi connectivity index (χ0n) is 11.2. The lowest BCUT2D eigenvalue weighted by Gasteiger charge is -2.10. The number of hydrogen-bond acceptors (Lipinski definition) is 7. The van der Waals surface area contributed by atoms with E-state index in [-0.39, 0.29) is 22.3 Å². The molecule has 8 nitrogen and oxygen atoms in total. The molecule has 0 atom stereocenters. The molecule has 1 amide bonds. The number of nitrogens with one attached hydrogen (secondary N) is 2. The van der Waals surface area contributed by atoms with Gasteiger partial charge in [-0.3, -0.25) is 5.32 Å². The highest BCUT2D eigenvalue weighted by atomic mass is 35.5. The maximum absolute atomic E-state index is 13.7. The summed E-state index contributed by atoms with van der Waals surface area (Å²) in [6, 6.07) is 2.19. The standard InChI is InChI=1S/C12H8ClFN6O2S/c13-4-1-5(14)7(19-12(21)22)2-6(4)18-11-16-3-8-9(20-11)23-10(15)17-8/h1-3,19H,(H2,15,17)(H,21,22)(H,16,18,20). The molecule has 0 radical (unpaired) electrons.